The van der Waals surface area contributed by atoms with Gasteiger partial charge in [0.2, 0.25) is 11.8 Å². The number of fused-ring (bicyclic) bond motifs is 1. The molecule has 5 unspecified atom stereocenters. The molecule has 29 heavy (non-hydrogen) atoms. The van der Waals surface area contributed by atoms with Crippen molar-refractivity contribution in [3.63, 3.8) is 0 Å². The fourth-order valence-electron chi connectivity index (χ4n) is 5.31. The molecule has 4 aliphatic heterocycles. The Morgan fingerprint density at radius 1 is 1.03 bits per heavy atom. The number of carbonyl (C=O) groups excluding carboxylic acids is 2. The lowest BCUT2D eigenvalue weighted by Crippen LogP contribution is -2.58. The molecule has 4 heterocycles. The van der Waals surface area contributed by atoms with Gasteiger partial charge in [0.15, 0.2) is 0 Å². The second kappa shape index (κ2) is 7.67. The molecule has 0 bridgehead atoms. The van der Waals surface area contributed by atoms with Gasteiger partial charge in [-0.1, -0.05) is 6.08 Å². The van der Waals surface area contributed by atoms with Crippen LogP contribution in [0.2, 0.25) is 0 Å². The smallest absolute Gasteiger partial charge is 0.237 e. The van der Waals surface area contributed by atoms with Crippen molar-refractivity contribution in [3.8, 4) is 0 Å². The number of halogens is 1. The second-order valence-corrected chi connectivity index (χ2v) is 8.91. The van der Waals surface area contributed by atoms with Gasteiger partial charge in [0.05, 0.1) is 17.9 Å². The zero-order chi connectivity index (χ0) is 19.5. The Labute approximate surface area is 176 Å². The predicted molar refractivity (Wildman–Crippen MR) is 108 cm³/mol. The van der Waals surface area contributed by atoms with Gasteiger partial charge in [-0.2, -0.15) is 0 Å². The highest BCUT2D eigenvalue weighted by molar-refractivity contribution is 6.07. The van der Waals surface area contributed by atoms with Crippen LogP contribution in [-0.2, 0) is 9.59 Å². The fraction of sp³-hybridized carbons (Fsp3) is 0.700. The highest BCUT2D eigenvalue weighted by Crippen LogP contribution is 2.40. The van der Waals surface area contributed by atoms with Gasteiger partial charge in [-0.15, -0.1) is 12.4 Å². The Balaban J connectivity index is 0.00000205. The van der Waals surface area contributed by atoms with E-state index in [4.69, 9.17) is 0 Å². The van der Waals surface area contributed by atoms with Crippen LogP contribution in [0.5, 0.6) is 0 Å². The van der Waals surface area contributed by atoms with E-state index >= 15 is 0 Å². The number of allylic oxidation sites excluding steroid dienone is 1. The molecular weight excluding hydrogens is 396 g/mol. The molecule has 0 aromatic heterocycles. The van der Waals surface area contributed by atoms with E-state index in [9.17, 15) is 19.8 Å². The van der Waals surface area contributed by atoms with Crippen molar-refractivity contribution < 1.29 is 19.8 Å². The summed E-state index contributed by atoms with van der Waals surface area (Å²) in [5.74, 6) is -1.47. The van der Waals surface area contributed by atoms with E-state index in [0.29, 0.717) is 18.3 Å². The van der Waals surface area contributed by atoms with Crippen LogP contribution in [0.25, 0.3) is 0 Å². The summed E-state index contributed by atoms with van der Waals surface area (Å²) in [6.07, 6.45) is 6.98. The van der Waals surface area contributed by atoms with E-state index in [1.54, 1.807) is 0 Å². The normalized spacial score (nSPS) is 38.4. The lowest BCUT2D eigenvalue weighted by Gasteiger charge is -2.49. The van der Waals surface area contributed by atoms with E-state index in [0.717, 1.165) is 44.7 Å². The highest BCUT2D eigenvalue weighted by Gasteiger charge is 2.51. The van der Waals surface area contributed by atoms with Gasteiger partial charge >= 0.3 is 0 Å². The molecule has 0 saturated carbocycles. The summed E-state index contributed by atoms with van der Waals surface area (Å²) in [7, 11) is 0. The summed E-state index contributed by atoms with van der Waals surface area (Å²) >= 11 is 0. The van der Waals surface area contributed by atoms with Gasteiger partial charge in [-0.25, -0.2) is 0 Å². The SMILES string of the molecule is Cl.O=C1C2C=CC(N3CCC4(CC3)CNC4)=CC2C(=O)N1C1CCC(O)NC1O. The minimum Gasteiger partial charge on any atom is -0.379 e. The topological polar surface area (TPSA) is 105 Å². The number of hydrogen-bond donors (Lipinski definition) is 4. The molecule has 5 aliphatic rings. The Kier molecular flexibility index (Phi) is 5.50. The van der Waals surface area contributed by atoms with Gasteiger partial charge < -0.3 is 20.4 Å². The molecular formula is C20H29ClN4O4. The number of aliphatic hydroxyl groups excluding tert-OH is 2. The van der Waals surface area contributed by atoms with E-state index < -0.39 is 30.3 Å². The summed E-state index contributed by atoms with van der Waals surface area (Å²) in [5, 5.41) is 25.9. The number of carbonyl (C=O) groups is 2. The predicted octanol–water partition coefficient (Wildman–Crippen LogP) is -0.463. The van der Waals surface area contributed by atoms with Crippen LogP contribution in [0.4, 0.5) is 0 Å². The molecule has 2 amide bonds. The number of imide groups is 1. The van der Waals surface area contributed by atoms with Crippen LogP contribution in [0.3, 0.4) is 0 Å². The first-order chi connectivity index (χ1) is 13.5. The number of rotatable bonds is 2. The lowest BCUT2D eigenvalue weighted by atomic mass is 9.73. The van der Waals surface area contributed by atoms with Gasteiger partial charge in [0.1, 0.15) is 12.5 Å². The third-order valence-corrected chi connectivity index (χ3v) is 7.24. The number of nitrogens with one attached hydrogen (secondary N) is 2. The Morgan fingerprint density at radius 3 is 2.34 bits per heavy atom. The van der Waals surface area contributed by atoms with Crippen LogP contribution < -0.4 is 10.6 Å². The summed E-state index contributed by atoms with van der Waals surface area (Å²) in [6.45, 7) is 4.16. The molecule has 160 valence electrons. The molecule has 8 nitrogen and oxygen atoms in total. The van der Waals surface area contributed by atoms with Crippen molar-refractivity contribution in [3.05, 3.63) is 23.9 Å². The standard InChI is InChI=1S/C20H28N4O4.ClH/c25-16-4-3-15(17(26)22-16)24-18(27)13-2-1-12(9-14(13)19(24)28)23-7-5-20(6-8-23)10-21-11-20;/h1-2,9,13-17,21-22,25-26H,3-8,10-11H2;1H. The van der Waals surface area contributed by atoms with Gasteiger partial charge in [0, 0.05) is 31.9 Å². The van der Waals surface area contributed by atoms with Gasteiger partial charge in [-0.05, 0) is 43.3 Å². The van der Waals surface area contributed by atoms with E-state index in [1.165, 1.54) is 4.90 Å². The number of piperidine rings is 2. The molecule has 1 aliphatic carbocycles. The first-order valence-corrected chi connectivity index (χ1v) is 10.3. The Bertz CT molecular complexity index is 743. The Morgan fingerprint density at radius 2 is 1.72 bits per heavy atom. The quantitative estimate of drug-likeness (QED) is 0.444. The molecule has 5 atom stereocenters. The maximum atomic E-state index is 13.1. The number of nitrogens with zero attached hydrogens (tertiary/aromatic N) is 2. The molecule has 1 spiro atoms. The van der Waals surface area contributed by atoms with Gasteiger partial charge in [0.25, 0.3) is 0 Å². The van der Waals surface area contributed by atoms with E-state index in [2.05, 4.69) is 15.5 Å². The zero-order valence-electron chi connectivity index (χ0n) is 16.3. The largest absolute Gasteiger partial charge is 0.379 e. The average Bonchev–Trinajstić information content (AvgIpc) is 2.91. The van der Waals surface area contributed by atoms with Crippen molar-refractivity contribution in [2.45, 2.75) is 44.2 Å². The van der Waals surface area contributed by atoms with Crippen molar-refractivity contribution in [1.29, 1.82) is 0 Å². The number of aliphatic hydroxyl groups is 2. The van der Waals surface area contributed by atoms with Crippen molar-refractivity contribution in [1.82, 2.24) is 20.4 Å². The molecule has 0 aromatic carbocycles. The first kappa shape index (κ1) is 20.8. The summed E-state index contributed by atoms with van der Waals surface area (Å²) in [5.41, 5.74) is 1.49. The molecule has 5 rings (SSSR count). The fourth-order valence-corrected chi connectivity index (χ4v) is 5.31. The molecule has 9 heteroatoms. The minimum atomic E-state index is -1.10. The number of likely N-dealkylation sites (tertiary alicyclic amines) is 2. The third kappa shape index (κ3) is 3.41. The van der Waals surface area contributed by atoms with E-state index in [-0.39, 0.29) is 24.2 Å². The summed E-state index contributed by atoms with van der Waals surface area (Å²) < 4.78 is 0. The van der Waals surface area contributed by atoms with Crippen molar-refractivity contribution in [2.75, 3.05) is 26.2 Å². The lowest BCUT2D eigenvalue weighted by molar-refractivity contribution is -0.149. The van der Waals surface area contributed by atoms with Crippen LogP contribution in [0.1, 0.15) is 25.7 Å². The van der Waals surface area contributed by atoms with Crippen LogP contribution in [0.15, 0.2) is 23.9 Å². The number of hydrogen-bond acceptors (Lipinski definition) is 7. The summed E-state index contributed by atoms with van der Waals surface area (Å²) in [4.78, 5) is 29.5. The minimum absolute atomic E-state index is 0. The molecule has 0 aromatic rings. The van der Waals surface area contributed by atoms with Crippen molar-refractivity contribution in [2.24, 2.45) is 17.3 Å². The highest BCUT2D eigenvalue weighted by atomic mass is 35.5. The monoisotopic (exact) mass is 424 g/mol. The van der Waals surface area contributed by atoms with Crippen LogP contribution in [0, 0.1) is 17.3 Å². The van der Waals surface area contributed by atoms with E-state index in [1.807, 2.05) is 18.2 Å². The molecule has 4 N–H and O–H groups in total. The van der Waals surface area contributed by atoms with Crippen LogP contribution in [-0.4, -0.2) is 76.5 Å². The van der Waals surface area contributed by atoms with Crippen molar-refractivity contribution >= 4 is 24.2 Å². The summed E-state index contributed by atoms with van der Waals surface area (Å²) in [6, 6.07) is -0.625. The second-order valence-electron chi connectivity index (χ2n) is 8.91. The van der Waals surface area contributed by atoms with Gasteiger partial charge in [-0.3, -0.25) is 19.8 Å². The molecule has 0 radical (unpaired) electrons. The maximum Gasteiger partial charge on any atom is 0.237 e. The number of amides is 2. The molecule has 4 fully saturated rings. The zero-order valence-corrected chi connectivity index (χ0v) is 17.1. The first-order valence-electron chi connectivity index (χ1n) is 10.3. The third-order valence-electron chi connectivity index (χ3n) is 7.24. The average molecular weight is 425 g/mol. The molecule has 4 saturated heterocycles. The maximum absolute atomic E-state index is 13.1. The van der Waals surface area contributed by atoms with Crippen LogP contribution >= 0.6 is 12.4 Å². The Hall–Kier alpha value is -1.45.